The number of amides is 1. The fourth-order valence-electron chi connectivity index (χ4n) is 3.55. The Hall–Kier alpha value is -2.12. The quantitative estimate of drug-likeness (QED) is 0.541. The van der Waals surface area contributed by atoms with Crippen molar-refractivity contribution >= 4 is 23.4 Å². The van der Waals surface area contributed by atoms with E-state index in [0.29, 0.717) is 6.54 Å². The molecule has 0 radical (unpaired) electrons. The maximum absolute atomic E-state index is 12.6. The predicted octanol–water partition coefficient (Wildman–Crippen LogP) is 1.22. The Balaban J connectivity index is 1.71. The molecule has 0 spiro atoms. The fraction of sp³-hybridized carbons (Fsp3) is 0.476. The van der Waals surface area contributed by atoms with Gasteiger partial charge in [-0.3, -0.25) is 9.36 Å². The Morgan fingerprint density at radius 3 is 2.79 bits per heavy atom. The Labute approximate surface area is 170 Å². The third kappa shape index (κ3) is 4.83. The molecule has 0 fully saturated rings. The van der Waals surface area contributed by atoms with Crippen LogP contribution < -0.4 is 15.9 Å². The number of carbonyl (C=O) groups excluding carboxylic acids is 1. The van der Waals surface area contributed by atoms with Crippen LogP contribution >= 0.6 is 11.8 Å². The molecule has 0 saturated carbocycles. The van der Waals surface area contributed by atoms with E-state index in [1.54, 1.807) is 0 Å². The summed E-state index contributed by atoms with van der Waals surface area (Å²) in [6.07, 6.45) is 2.88. The van der Waals surface area contributed by atoms with E-state index in [1.807, 2.05) is 36.6 Å². The number of aryl methyl sites for hydroxylation is 2. The second-order valence-electron chi connectivity index (χ2n) is 7.74. The monoisotopic (exact) mass is 401 g/mol. The topological polar surface area (TPSA) is 68.4 Å². The zero-order valence-electron chi connectivity index (χ0n) is 17.1. The summed E-state index contributed by atoms with van der Waals surface area (Å²) < 4.78 is 1.83. The van der Waals surface area contributed by atoms with Crippen LogP contribution in [0, 0.1) is 13.8 Å². The number of rotatable bonds is 7. The first kappa shape index (κ1) is 20.6. The Morgan fingerprint density at radius 2 is 2.07 bits per heavy atom. The normalized spacial score (nSPS) is 13.0. The van der Waals surface area contributed by atoms with Crippen LogP contribution in [0.5, 0.6) is 0 Å². The van der Waals surface area contributed by atoms with Gasteiger partial charge in [-0.1, -0.05) is 29.5 Å². The van der Waals surface area contributed by atoms with Crippen molar-refractivity contribution in [1.82, 2.24) is 9.55 Å². The average Bonchev–Trinajstić information content (AvgIpc) is 3.11. The summed E-state index contributed by atoms with van der Waals surface area (Å²) >= 11 is 1.37. The summed E-state index contributed by atoms with van der Waals surface area (Å²) in [5.74, 6) is 0.170. The third-order valence-corrected chi connectivity index (χ3v) is 6.05. The van der Waals surface area contributed by atoms with Crippen LogP contribution in [0.3, 0.4) is 0 Å². The van der Waals surface area contributed by atoms with Crippen molar-refractivity contribution in [2.45, 2.75) is 44.7 Å². The van der Waals surface area contributed by atoms with E-state index in [1.165, 1.54) is 22.2 Å². The number of nitrogens with one attached hydrogen (secondary N) is 2. The SMILES string of the molecule is Cc1ccc(NC(=O)CSc2nc(=O)n(CC[NH+](C)C)c3c2CCC3)c(C)c1. The number of carbonyl (C=O) groups is 1. The Kier molecular flexibility index (Phi) is 6.57. The van der Waals surface area contributed by atoms with Gasteiger partial charge in [-0.05, 0) is 44.7 Å². The van der Waals surface area contributed by atoms with Crippen molar-refractivity contribution in [3.8, 4) is 0 Å². The van der Waals surface area contributed by atoms with Gasteiger partial charge in [0.1, 0.15) is 5.03 Å². The van der Waals surface area contributed by atoms with Crippen molar-refractivity contribution in [3.05, 3.63) is 51.1 Å². The van der Waals surface area contributed by atoms with Crippen molar-refractivity contribution in [1.29, 1.82) is 0 Å². The fourth-order valence-corrected chi connectivity index (χ4v) is 4.42. The lowest BCUT2D eigenvalue weighted by Crippen LogP contribution is -3.06. The molecule has 28 heavy (non-hydrogen) atoms. The number of aromatic nitrogens is 2. The summed E-state index contributed by atoms with van der Waals surface area (Å²) in [6.45, 7) is 5.59. The number of likely N-dealkylation sites (N-methyl/N-ethyl adjacent to an activating group) is 1. The first-order valence-corrected chi connectivity index (χ1v) is 10.7. The van der Waals surface area contributed by atoms with Gasteiger partial charge in [0.15, 0.2) is 0 Å². The van der Waals surface area contributed by atoms with Crippen molar-refractivity contribution in [2.24, 2.45) is 0 Å². The minimum Gasteiger partial charge on any atom is -0.338 e. The second kappa shape index (κ2) is 8.92. The molecule has 0 unspecified atom stereocenters. The van der Waals surface area contributed by atoms with E-state index in [0.717, 1.165) is 53.3 Å². The molecule has 7 heteroatoms. The van der Waals surface area contributed by atoms with Crippen LogP contribution in [0.1, 0.15) is 28.8 Å². The van der Waals surface area contributed by atoms with Crippen LogP contribution in [0.2, 0.25) is 0 Å². The number of hydrogen-bond donors (Lipinski definition) is 2. The first-order valence-electron chi connectivity index (χ1n) is 9.76. The van der Waals surface area contributed by atoms with Gasteiger partial charge in [-0.15, -0.1) is 0 Å². The molecule has 1 aliphatic carbocycles. The van der Waals surface area contributed by atoms with Crippen LogP contribution in [-0.2, 0) is 24.2 Å². The molecule has 1 heterocycles. The maximum Gasteiger partial charge on any atom is 0.349 e. The van der Waals surface area contributed by atoms with Gasteiger partial charge in [0.25, 0.3) is 0 Å². The standard InChI is InChI=1S/C21H28N4O2S/c1-14-8-9-17(15(2)12-14)22-19(26)13-28-20-16-6-5-7-18(16)25(21(27)23-20)11-10-24(3)4/h8-9,12H,5-7,10-11,13H2,1-4H3,(H,22,26)/p+1. The number of anilines is 1. The highest BCUT2D eigenvalue weighted by Crippen LogP contribution is 2.29. The molecule has 2 N–H and O–H groups in total. The van der Waals surface area contributed by atoms with Gasteiger partial charge in [0.2, 0.25) is 5.91 Å². The molecule has 1 aromatic carbocycles. The van der Waals surface area contributed by atoms with Gasteiger partial charge in [-0.25, -0.2) is 4.79 Å². The van der Waals surface area contributed by atoms with Crippen LogP contribution in [0.15, 0.2) is 28.0 Å². The number of thioether (sulfide) groups is 1. The van der Waals surface area contributed by atoms with E-state index >= 15 is 0 Å². The maximum atomic E-state index is 12.6. The Bertz CT molecular complexity index is 937. The summed E-state index contributed by atoms with van der Waals surface area (Å²) in [5, 5.41) is 3.68. The smallest absolute Gasteiger partial charge is 0.338 e. The molecule has 1 amide bonds. The average molecular weight is 402 g/mol. The molecule has 0 atom stereocenters. The van der Waals surface area contributed by atoms with Crippen LogP contribution in [-0.4, -0.2) is 41.9 Å². The molecule has 3 rings (SSSR count). The molecule has 150 valence electrons. The van der Waals surface area contributed by atoms with Crippen molar-refractivity contribution in [2.75, 3.05) is 31.7 Å². The van der Waals surface area contributed by atoms with E-state index in [2.05, 4.69) is 24.4 Å². The predicted molar refractivity (Wildman–Crippen MR) is 113 cm³/mol. The van der Waals surface area contributed by atoms with E-state index in [9.17, 15) is 9.59 Å². The lowest BCUT2D eigenvalue weighted by atomic mass is 10.1. The van der Waals surface area contributed by atoms with Gasteiger partial charge in [0.05, 0.1) is 32.9 Å². The summed E-state index contributed by atoms with van der Waals surface area (Å²) in [6, 6.07) is 5.96. The number of quaternary nitrogens is 1. The van der Waals surface area contributed by atoms with E-state index in [-0.39, 0.29) is 17.3 Å². The molecular weight excluding hydrogens is 372 g/mol. The third-order valence-electron chi connectivity index (χ3n) is 5.03. The molecule has 1 aliphatic rings. The van der Waals surface area contributed by atoms with E-state index < -0.39 is 0 Å². The zero-order valence-corrected chi connectivity index (χ0v) is 17.9. The minimum atomic E-state index is -0.195. The van der Waals surface area contributed by atoms with Gasteiger partial charge < -0.3 is 10.2 Å². The van der Waals surface area contributed by atoms with Crippen LogP contribution in [0.4, 0.5) is 5.69 Å². The molecule has 0 bridgehead atoms. The van der Waals surface area contributed by atoms with E-state index in [4.69, 9.17) is 0 Å². The van der Waals surface area contributed by atoms with Crippen LogP contribution in [0.25, 0.3) is 0 Å². The van der Waals surface area contributed by atoms with Gasteiger partial charge >= 0.3 is 5.69 Å². The molecule has 0 saturated heterocycles. The number of nitrogens with zero attached hydrogens (tertiary/aromatic N) is 2. The Morgan fingerprint density at radius 1 is 1.29 bits per heavy atom. The molecule has 1 aromatic heterocycles. The molecule has 2 aromatic rings. The van der Waals surface area contributed by atoms with Gasteiger partial charge in [-0.2, -0.15) is 4.98 Å². The highest BCUT2D eigenvalue weighted by Gasteiger charge is 2.22. The number of benzene rings is 1. The molecular formula is C21H29N4O2S+. The summed E-state index contributed by atoms with van der Waals surface area (Å²) in [5.41, 5.74) is 5.11. The highest BCUT2D eigenvalue weighted by atomic mass is 32.2. The zero-order chi connectivity index (χ0) is 20.3. The van der Waals surface area contributed by atoms with Crippen molar-refractivity contribution in [3.63, 3.8) is 0 Å². The lowest BCUT2D eigenvalue weighted by molar-refractivity contribution is -0.859. The van der Waals surface area contributed by atoms with Crippen molar-refractivity contribution < 1.29 is 9.69 Å². The highest BCUT2D eigenvalue weighted by molar-refractivity contribution is 8.00. The summed E-state index contributed by atoms with van der Waals surface area (Å²) in [7, 11) is 4.16. The summed E-state index contributed by atoms with van der Waals surface area (Å²) in [4.78, 5) is 30.6. The largest absolute Gasteiger partial charge is 0.349 e. The first-order chi connectivity index (χ1) is 13.3. The molecule has 0 aliphatic heterocycles. The molecule has 6 nitrogen and oxygen atoms in total. The lowest BCUT2D eigenvalue weighted by Gasteiger charge is -2.15. The van der Waals surface area contributed by atoms with Gasteiger partial charge in [0, 0.05) is 16.9 Å². The minimum absolute atomic E-state index is 0.0779. The number of fused-ring (bicyclic) bond motifs is 1. The second-order valence-corrected chi connectivity index (χ2v) is 8.71. The number of hydrogen-bond acceptors (Lipinski definition) is 4.